The van der Waals surface area contributed by atoms with Crippen LogP contribution in [0.4, 0.5) is 5.69 Å². The molecular formula is C19H29N5O2. The van der Waals surface area contributed by atoms with Gasteiger partial charge in [-0.1, -0.05) is 6.92 Å². The van der Waals surface area contributed by atoms with Crippen molar-refractivity contribution in [3.8, 4) is 0 Å². The van der Waals surface area contributed by atoms with E-state index in [2.05, 4.69) is 22.4 Å². The van der Waals surface area contributed by atoms with E-state index >= 15 is 0 Å². The highest BCUT2D eigenvalue weighted by atomic mass is 16.2. The Morgan fingerprint density at radius 3 is 2.50 bits per heavy atom. The number of H-pyrrole nitrogens is 1. The highest BCUT2D eigenvalue weighted by Crippen LogP contribution is 2.47. The van der Waals surface area contributed by atoms with Gasteiger partial charge in [0.15, 0.2) is 5.69 Å². The lowest BCUT2D eigenvalue weighted by Crippen LogP contribution is -2.44. The molecule has 142 valence electrons. The molecule has 2 aliphatic carbocycles. The smallest absolute Gasteiger partial charge is 0.276 e. The van der Waals surface area contributed by atoms with Crippen LogP contribution in [0, 0.1) is 17.8 Å². The number of nitrogens with one attached hydrogen (secondary N) is 2. The first-order valence-corrected chi connectivity index (χ1v) is 9.73. The van der Waals surface area contributed by atoms with Crippen molar-refractivity contribution in [1.29, 1.82) is 0 Å². The largest absolute Gasteiger partial charge is 0.395 e. The molecule has 2 heterocycles. The maximum Gasteiger partial charge on any atom is 0.276 e. The highest BCUT2D eigenvalue weighted by molar-refractivity contribution is 5.97. The van der Waals surface area contributed by atoms with Crippen molar-refractivity contribution in [3.05, 3.63) is 11.4 Å². The van der Waals surface area contributed by atoms with E-state index in [0.29, 0.717) is 17.4 Å². The maximum atomic E-state index is 12.7. The molecule has 7 nitrogen and oxygen atoms in total. The fourth-order valence-corrected chi connectivity index (χ4v) is 4.42. The molecule has 0 aromatic carbocycles. The zero-order chi connectivity index (χ0) is 18.5. The molecule has 0 unspecified atom stereocenters. The summed E-state index contributed by atoms with van der Waals surface area (Å²) in [7, 11) is 0. The Bertz CT molecular complexity index is 728. The second-order valence-corrected chi connectivity index (χ2v) is 8.90. The number of amides is 2. The molecule has 0 bridgehead atoms. The molecule has 2 saturated carbocycles. The first-order chi connectivity index (χ1) is 12.3. The summed E-state index contributed by atoms with van der Waals surface area (Å²) in [6.07, 6.45) is 7.20. The Balaban J connectivity index is 1.33. The summed E-state index contributed by atoms with van der Waals surface area (Å²) in [5, 5.41) is 10.1. The maximum absolute atomic E-state index is 12.7. The topological polar surface area (TPSA) is 104 Å². The summed E-state index contributed by atoms with van der Waals surface area (Å²) < 4.78 is 0. The van der Waals surface area contributed by atoms with Gasteiger partial charge in [0.2, 0.25) is 5.91 Å². The minimum atomic E-state index is -0.104. The van der Waals surface area contributed by atoms with Gasteiger partial charge < -0.3 is 16.0 Å². The molecule has 1 aliphatic heterocycles. The van der Waals surface area contributed by atoms with Crippen molar-refractivity contribution >= 4 is 17.5 Å². The standard InChI is InChI=1S/C19H29N5O2/c1-12-14(20)15(23-22-12)16(25)24-10-9-19(11-24)5-3-13(4-6-19)21-17(26)18(2)7-8-18/h13H,3-11,20H2,1-2H3,(H,21,26)(H,22,23). The van der Waals surface area contributed by atoms with Crippen molar-refractivity contribution in [2.24, 2.45) is 10.8 Å². The average Bonchev–Trinajstić information content (AvgIpc) is 3.12. The summed E-state index contributed by atoms with van der Waals surface area (Å²) in [4.78, 5) is 26.9. The summed E-state index contributed by atoms with van der Waals surface area (Å²) >= 11 is 0. The fraction of sp³-hybridized carbons (Fsp3) is 0.737. The number of aromatic amines is 1. The number of hydrogen-bond acceptors (Lipinski definition) is 4. The number of nitrogen functional groups attached to an aromatic ring is 1. The van der Waals surface area contributed by atoms with Crippen molar-refractivity contribution < 1.29 is 9.59 Å². The van der Waals surface area contributed by atoms with Gasteiger partial charge in [-0.3, -0.25) is 14.7 Å². The lowest BCUT2D eigenvalue weighted by molar-refractivity contribution is -0.126. The van der Waals surface area contributed by atoms with Gasteiger partial charge in [0, 0.05) is 24.5 Å². The molecule has 3 aliphatic rings. The quantitative estimate of drug-likeness (QED) is 0.767. The molecule has 1 aromatic heterocycles. The Kier molecular flexibility index (Phi) is 4.00. The average molecular weight is 359 g/mol. The van der Waals surface area contributed by atoms with Crippen molar-refractivity contribution in [2.75, 3.05) is 18.8 Å². The van der Waals surface area contributed by atoms with E-state index in [1.54, 1.807) is 0 Å². The highest BCUT2D eigenvalue weighted by Gasteiger charge is 2.47. The van der Waals surface area contributed by atoms with Gasteiger partial charge in [0.25, 0.3) is 5.91 Å². The zero-order valence-electron chi connectivity index (χ0n) is 15.7. The first-order valence-electron chi connectivity index (χ1n) is 9.73. The SMILES string of the molecule is Cc1[nH]nc(C(=O)N2CCC3(CCC(NC(=O)C4(C)CC4)CC3)C2)c1N. The van der Waals surface area contributed by atoms with Crippen LogP contribution in [-0.4, -0.2) is 46.0 Å². The van der Waals surface area contributed by atoms with E-state index in [0.717, 1.165) is 63.7 Å². The third kappa shape index (κ3) is 2.97. The predicted molar refractivity (Wildman–Crippen MR) is 98.4 cm³/mol. The van der Waals surface area contributed by atoms with Crippen LogP contribution in [0.3, 0.4) is 0 Å². The molecule has 7 heteroatoms. The second-order valence-electron chi connectivity index (χ2n) is 8.90. The number of aryl methyl sites for hydroxylation is 1. The van der Waals surface area contributed by atoms with Crippen molar-refractivity contribution in [2.45, 2.75) is 64.8 Å². The molecule has 1 spiro atoms. The number of nitrogens with two attached hydrogens (primary N) is 1. The molecule has 0 atom stereocenters. The van der Waals surface area contributed by atoms with Gasteiger partial charge in [0.05, 0.1) is 11.4 Å². The number of hydrogen-bond donors (Lipinski definition) is 3. The number of rotatable bonds is 3. The number of likely N-dealkylation sites (tertiary alicyclic amines) is 1. The molecule has 1 saturated heterocycles. The molecule has 0 radical (unpaired) electrons. The normalized spacial score (nSPS) is 29.8. The second kappa shape index (κ2) is 5.99. The van der Waals surface area contributed by atoms with Gasteiger partial charge in [-0.25, -0.2) is 0 Å². The van der Waals surface area contributed by atoms with E-state index < -0.39 is 0 Å². The third-order valence-electron chi connectivity index (χ3n) is 6.85. The van der Waals surface area contributed by atoms with Gasteiger partial charge in [-0.15, -0.1) is 0 Å². The van der Waals surface area contributed by atoms with Crippen LogP contribution in [-0.2, 0) is 4.79 Å². The monoisotopic (exact) mass is 359 g/mol. The fourth-order valence-electron chi connectivity index (χ4n) is 4.42. The van der Waals surface area contributed by atoms with Gasteiger partial charge in [0.1, 0.15) is 0 Å². The van der Waals surface area contributed by atoms with Gasteiger partial charge in [-0.05, 0) is 57.3 Å². The summed E-state index contributed by atoms with van der Waals surface area (Å²) in [5.41, 5.74) is 7.59. The van der Waals surface area contributed by atoms with E-state index in [1.807, 2.05) is 11.8 Å². The first kappa shape index (κ1) is 17.4. The van der Waals surface area contributed by atoms with E-state index in [1.165, 1.54) is 0 Å². The molecule has 3 fully saturated rings. The lowest BCUT2D eigenvalue weighted by atomic mass is 9.72. The van der Waals surface area contributed by atoms with E-state index in [-0.39, 0.29) is 22.6 Å². The molecule has 4 rings (SSSR count). The number of nitrogens with zero attached hydrogens (tertiary/aromatic N) is 2. The minimum absolute atomic E-state index is 0.0687. The van der Waals surface area contributed by atoms with Gasteiger partial charge >= 0.3 is 0 Å². The Hall–Kier alpha value is -2.05. The van der Waals surface area contributed by atoms with E-state index in [9.17, 15) is 9.59 Å². The summed E-state index contributed by atoms with van der Waals surface area (Å²) in [6.45, 7) is 5.41. The molecule has 26 heavy (non-hydrogen) atoms. The Morgan fingerprint density at radius 2 is 1.92 bits per heavy atom. The van der Waals surface area contributed by atoms with Crippen LogP contribution in [0.2, 0.25) is 0 Å². The van der Waals surface area contributed by atoms with Crippen LogP contribution in [0.1, 0.15) is 68.1 Å². The van der Waals surface area contributed by atoms with Crippen LogP contribution in [0.25, 0.3) is 0 Å². The molecule has 4 N–H and O–H groups in total. The minimum Gasteiger partial charge on any atom is -0.395 e. The third-order valence-corrected chi connectivity index (χ3v) is 6.85. The van der Waals surface area contributed by atoms with Gasteiger partial charge in [-0.2, -0.15) is 5.10 Å². The Labute approximate surface area is 154 Å². The summed E-state index contributed by atoms with van der Waals surface area (Å²) in [6, 6.07) is 0.292. The molecular weight excluding hydrogens is 330 g/mol. The molecule has 1 aromatic rings. The van der Waals surface area contributed by atoms with Crippen LogP contribution >= 0.6 is 0 Å². The van der Waals surface area contributed by atoms with Crippen molar-refractivity contribution in [1.82, 2.24) is 20.4 Å². The van der Waals surface area contributed by atoms with Crippen molar-refractivity contribution in [3.63, 3.8) is 0 Å². The number of aromatic nitrogens is 2. The predicted octanol–water partition coefficient (Wildman–Crippen LogP) is 1.99. The van der Waals surface area contributed by atoms with Crippen LogP contribution < -0.4 is 11.1 Å². The zero-order valence-corrected chi connectivity index (χ0v) is 15.7. The number of carbonyl (C=O) groups excluding carboxylic acids is 2. The number of anilines is 1. The molecule has 2 amide bonds. The van der Waals surface area contributed by atoms with Crippen LogP contribution in [0.5, 0.6) is 0 Å². The van der Waals surface area contributed by atoms with Crippen LogP contribution in [0.15, 0.2) is 0 Å². The Morgan fingerprint density at radius 1 is 1.23 bits per heavy atom. The number of carbonyl (C=O) groups is 2. The van der Waals surface area contributed by atoms with E-state index in [4.69, 9.17) is 5.73 Å². The summed E-state index contributed by atoms with van der Waals surface area (Å²) in [5.74, 6) is 0.159. The lowest BCUT2D eigenvalue weighted by Gasteiger charge is -2.37.